The number of imide groups is 1. The molecular weight excluding hydrogens is 641 g/mol. The van der Waals surface area contributed by atoms with Gasteiger partial charge >= 0.3 is 4.87 Å². The summed E-state index contributed by atoms with van der Waals surface area (Å²) >= 11 is 20.2. The van der Waals surface area contributed by atoms with Crippen LogP contribution >= 0.6 is 57.9 Å². The molecule has 3 atom stereocenters. The van der Waals surface area contributed by atoms with Crippen LogP contribution in [0.15, 0.2) is 76.6 Å². The van der Waals surface area contributed by atoms with Crippen molar-refractivity contribution in [3.8, 4) is 5.75 Å². The van der Waals surface area contributed by atoms with Crippen molar-refractivity contribution >= 4 is 87.0 Å². The number of carbonyl (C=O) groups is 3. The fourth-order valence-electron chi connectivity index (χ4n) is 5.19. The van der Waals surface area contributed by atoms with Crippen LogP contribution in [-0.2, 0) is 20.9 Å². The van der Waals surface area contributed by atoms with E-state index in [0.29, 0.717) is 37.1 Å². The number of aromatic nitrogens is 1. The summed E-state index contributed by atoms with van der Waals surface area (Å²) in [6.07, 6.45) is 0. The van der Waals surface area contributed by atoms with Crippen LogP contribution < -0.4 is 19.8 Å². The van der Waals surface area contributed by atoms with Gasteiger partial charge < -0.3 is 10.1 Å². The number of methoxy groups -OCH3 is 1. The van der Waals surface area contributed by atoms with Gasteiger partial charge in [-0.05, 0) is 60.2 Å². The third-order valence-corrected chi connectivity index (χ3v) is 10.7. The first-order valence-electron chi connectivity index (χ1n) is 12.6. The molecule has 6 rings (SSSR count). The summed E-state index contributed by atoms with van der Waals surface area (Å²) in [5, 5.41) is 3.50. The zero-order chi connectivity index (χ0) is 29.7. The van der Waals surface area contributed by atoms with Crippen LogP contribution in [0.25, 0.3) is 0 Å². The van der Waals surface area contributed by atoms with E-state index < -0.39 is 28.9 Å². The van der Waals surface area contributed by atoms with Crippen LogP contribution in [0.5, 0.6) is 5.75 Å². The minimum absolute atomic E-state index is 0.276. The lowest BCUT2D eigenvalue weighted by Gasteiger charge is -2.30. The van der Waals surface area contributed by atoms with E-state index in [9.17, 15) is 19.2 Å². The van der Waals surface area contributed by atoms with Crippen LogP contribution in [0.3, 0.4) is 0 Å². The highest BCUT2D eigenvalue weighted by Gasteiger charge is 2.56. The molecule has 0 bridgehead atoms. The van der Waals surface area contributed by atoms with Crippen molar-refractivity contribution in [3.63, 3.8) is 0 Å². The maximum atomic E-state index is 13.9. The number of halogens is 3. The molecule has 3 amide bonds. The van der Waals surface area contributed by atoms with Crippen LogP contribution in [0.1, 0.15) is 16.4 Å². The van der Waals surface area contributed by atoms with Gasteiger partial charge in [0.15, 0.2) is 0 Å². The van der Waals surface area contributed by atoms with Crippen molar-refractivity contribution in [3.05, 3.63) is 102 Å². The Labute approximate surface area is 263 Å². The average Bonchev–Trinajstić information content (AvgIpc) is 3.41. The minimum Gasteiger partial charge on any atom is -0.497 e. The van der Waals surface area contributed by atoms with Crippen molar-refractivity contribution < 1.29 is 19.1 Å². The molecule has 0 aliphatic carbocycles. The molecule has 1 fully saturated rings. The Morgan fingerprint density at radius 2 is 1.64 bits per heavy atom. The topological polar surface area (TPSA) is 97.7 Å². The van der Waals surface area contributed by atoms with E-state index in [4.69, 9.17) is 39.5 Å². The van der Waals surface area contributed by atoms with E-state index in [-0.39, 0.29) is 22.3 Å². The summed E-state index contributed by atoms with van der Waals surface area (Å²) in [7, 11) is 1.55. The van der Waals surface area contributed by atoms with Gasteiger partial charge in [0, 0.05) is 21.5 Å². The number of hydrogen-bond acceptors (Lipinski definition) is 7. The van der Waals surface area contributed by atoms with Crippen molar-refractivity contribution in [2.24, 2.45) is 5.92 Å². The van der Waals surface area contributed by atoms with Crippen LogP contribution in [0.4, 0.5) is 11.4 Å². The first-order valence-corrected chi connectivity index (χ1v) is 15.4. The lowest BCUT2D eigenvalue weighted by atomic mass is 9.83. The molecule has 0 radical (unpaired) electrons. The normalized spacial score (nSPS) is 19.4. The van der Waals surface area contributed by atoms with Crippen LogP contribution in [0, 0.1) is 5.92 Å². The quantitative estimate of drug-likeness (QED) is 0.244. The Morgan fingerprint density at radius 3 is 2.31 bits per heavy atom. The minimum atomic E-state index is -0.814. The summed E-state index contributed by atoms with van der Waals surface area (Å²) in [6.45, 7) is -0.298. The summed E-state index contributed by atoms with van der Waals surface area (Å²) in [6, 6.07) is 18.4. The first-order chi connectivity index (χ1) is 20.2. The molecule has 2 aliphatic heterocycles. The number of hydrogen-bond donors (Lipinski definition) is 1. The van der Waals surface area contributed by atoms with Gasteiger partial charge in [0.2, 0.25) is 17.7 Å². The third-order valence-electron chi connectivity index (χ3n) is 7.11. The molecule has 42 heavy (non-hydrogen) atoms. The Morgan fingerprint density at radius 1 is 0.929 bits per heavy atom. The van der Waals surface area contributed by atoms with Gasteiger partial charge in [0.1, 0.15) is 17.5 Å². The summed E-state index contributed by atoms with van der Waals surface area (Å²) in [4.78, 5) is 55.5. The Bertz CT molecular complexity index is 1790. The molecule has 4 aromatic rings. The molecule has 214 valence electrons. The molecule has 1 N–H and O–H groups in total. The number of benzene rings is 3. The number of nitrogens with one attached hydrogen (secondary N) is 1. The molecule has 1 saturated heterocycles. The molecule has 0 saturated carbocycles. The van der Waals surface area contributed by atoms with Gasteiger partial charge in [-0.3, -0.25) is 23.7 Å². The monoisotopic (exact) mass is 659 g/mol. The van der Waals surface area contributed by atoms with E-state index in [1.807, 2.05) is 12.1 Å². The highest BCUT2D eigenvalue weighted by Crippen LogP contribution is 2.54. The predicted molar refractivity (Wildman–Crippen MR) is 166 cm³/mol. The lowest BCUT2D eigenvalue weighted by molar-refractivity contribution is -0.122. The highest BCUT2D eigenvalue weighted by molar-refractivity contribution is 8.00. The number of fused-ring (bicyclic) bond motifs is 2. The Hall–Kier alpha value is -3.28. The molecule has 8 nitrogen and oxygen atoms in total. The van der Waals surface area contributed by atoms with Crippen LogP contribution in [0.2, 0.25) is 15.1 Å². The third kappa shape index (κ3) is 5.11. The molecule has 2 aliphatic rings. The second-order valence-electron chi connectivity index (χ2n) is 9.60. The van der Waals surface area contributed by atoms with Crippen molar-refractivity contribution in [2.75, 3.05) is 17.3 Å². The Kier molecular flexibility index (Phi) is 7.84. The standard InChI is InChI=1S/C29H20Cl3N3O5S2/c1-40-18-9-2-14(3-10-18)22-23-24(27(38)35(26(23)37)17-7-4-15(30)5-8-17)41-28-25(22)42-29(39)34(28)13-21(36)33-16-6-11-19(31)20(32)12-16/h2-12,22-24H,13H2,1H3,(H,33,36)/t22-,23?,24?/m1/s1. The number of nitrogens with zero attached hydrogens (tertiary/aromatic N) is 2. The predicted octanol–water partition coefficient (Wildman–Crippen LogP) is 6.31. The molecule has 13 heteroatoms. The fraction of sp³-hybridized carbons (Fsp3) is 0.172. The maximum Gasteiger partial charge on any atom is 0.308 e. The Balaban J connectivity index is 1.40. The lowest BCUT2D eigenvalue weighted by Crippen LogP contribution is -2.33. The molecule has 1 aromatic heterocycles. The fourth-order valence-corrected chi connectivity index (χ4v) is 8.39. The number of thiazole rings is 1. The van der Waals surface area contributed by atoms with E-state index in [2.05, 4.69) is 5.32 Å². The van der Waals surface area contributed by atoms with E-state index in [1.165, 1.54) is 15.5 Å². The van der Waals surface area contributed by atoms with Gasteiger partial charge in [0.25, 0.3) is 0 Å². The van der Waals surface area contributed by atoms with Gasteiger partial charge in [-0.25, -0.2) is 4.90 Å². The number of anilines is 2. The van der Waals surface area contributed by atoms with Crippen molar-refractivity contribution in [1.29, 1.82) is 0 Å². The van der Waals surface area contributed by atoms with E-state index in [0.717, 1.165) is 28.7 Å². The van der Waals surface area contributed by atoms with Crippen molar-refractivity contribution in [2.45, 2.75) is 22.7 Å². The number of amides is 3. The number of carbonyl (C=O) groups excluding carboxylic acids is 3. The first kappa shape index (κ1) is 28.8. The zero-order valence-corrected chi connectivity index (χ0v) is 25.6. The zero-order valence-electron chi connectivity index (χ0n) is 21.7. The SMILES string of the molecule is COc1ccc([C@H]2c3sc(=O)n(CC(=O)Nc4ccc(Cl)c(Cl)c4)c3SC3C(=O)N(c4ccc(Cl)cc4)C(=O)C32)cc1. The average molecular weight is 661 g/mol. The van der Waals surface area contributed by atoms with Crippen molar-refractivity contribution in [1.82, 2.24) is 4.57 Å². The molecule has 3 heterocycles. The van der Waals surface area contributed by atoms with E-state index in [1.54, 1.807) is 55.6 Å². The summed E-state index contributed by atoms with van der Waals surface area (Å²) < 4.78 is 6.66. The number of ether oxygens (including phenoxy) is 1. The van der Waals surface area contributed by atoms with Gasteiger partial charge in [-0.2, -0.15) is 0 Å². The van der Waals surface area contributed by atoms with Gasteiger partial charge in [-0.15, -0.1) is 0 Å². The number of thioether (sulfide) groups is 1. The second kappa shape index (κ2) is 11.4. The molecular formula is C29H20Cl3N3O5S2. The van der Waals surface area contributed by atoms with Crippen LogP contribution in [-0.4, -0.2) is 34.6 Å². The molecule has 3 aromatic carbocycles. The molecule has 2 unspecified atom stereocenters. The number of rotatable bonds is 6. The summed E-state index contributed by atoms with van der Waals surface area (Å²) in [5.41, 5.74) is 1.59. The maximum absolute atomic E-state index is 13.9. The van der Waals surface area contributed by atoms with Gasteiger partial charge in [0.05, 0.1) is 33.8 Å². The largest absolute Gasteiger partial charge is 0.497 e. The summed E-state index contributed by atoms with van der Waals surface area (Å²) in [5.74, 6) is -1.96. The smallest absolute Gasteiger partial charge is 0.308 e. The second-order valence-corrected chi connectivity index (χ2v) is 13.0. The van der Waals surface area contributed by atoms with E-state index >= 15 is 0 Å². The van der Waals surface area contributed by atoms with Gasteiger partial charge in [-0.1, -0.05) is 70.0 Å². The highest BCUT2D eigenvalue weighted by atomic mass is 35.5. The molecule has 0 spiro atoms.